The van der Waals surface area contributed by atoms with Crippen LogP contribution in [-0.2, 0) is 6.42 Å². The van der Waals surface area contributed by atoms with Crippen molar-refractivity contribution >= 4 is 8.32 Å². The summed E-state index contributed by atoms with van der Waals surface area (Å²) in [6.07, 6.45) is 0.445. The topological polar surface area (TPSA) is 65.5 Å². The first-order chi connectivity index (χ1) is 17.5. The number of nitrogens with one attached hydrogen (secondary N) is 1. The Morgan fingerprint density at radius 2 is 1.38 bits per heavy atom. The lowest BCUT2D eigenvalue weighted by molar-refractivity contribution is 0.405. The van der Waals surface area contributed by atoms with Gasteiger partial charge in [-0.15, -0.1) is 0 Å². The van der Waals surface area contributed by atoms with Gasteiger partial charge >= 0.3 is 0 Å². The monoisotopic (exact) mass is 524 g/mol. The summed E-state index contributed by atoms with van der Waals surface area (Å²) in [4.78, 5) is 13.2. The quantitative estimate of drug-likeness (QED) is 0.263. The lowest BCUT2D eigenvalue weighted by atomic mass is 10.00. The zero-order valence-electron chi connectivity index (χ0n) is 24.1. The molecule has 0 fully saturated rings. The van der Waals surface area contributed by atoms with Gasteiger partial charge in [0.1, 0.15) is 17.2 Å². The van der Waals surface area contributed by atoms with Gasteiger partial charge in [0, 0.05) is 29.7 Å². The molecule has 1 heterocycles. The highest BCUT2D eigenvalue weighted by Gasteiger charge is 2.47. The normalized spacial score (nSPS) is 12.2. The van der Waals surface area contributed by atoms with Gasteiger partial charge in [-0.05, 0) is 66.4 Å². The number of benzene rings is 2. The molecule has 1 aromatic heterocycles. The summed E-state index contributed by atoms with van der Waals surface area (Å²) in [5.74, 6) is 2.35. The van der Waals surface area contributed by atoms with E-state index in [1.54, 1.807) is 14.2 Å². The fourth-order valence-electron chi connectivity index (χ4n) is 5.78. The van der Waals surface area contributed by atoms with Gasteiger partial charge in [-0.25, -0.2) is 0 Å². The van der Waals surface area contributed by atoms with Crippen LogP contribution in [0.2, 0.25) is 16.6 Å². The number of hydrogen-bond acceptors (Lipinski definition) is 4. The van der Waals surface area contributed by atoms with Crippen molar-refractivity contribution in [2.45, 2.75) is 84.5 Å². The second-order valence-corrected chi connectivity index (χ2v) is 16.4. The lowest BCUT2D eigenvalue weighted by Gasteiger charge is -2.42. The van der Waals surface area contributed by atoms with Gasteiger partial charge in [0.05, 0.1) is 19.9 Å². The largest absolute Gasteiger partial charge is 0.543 e. The van der Waals surface area contributed by atoms with Crippen molar-refractivity contribution in [3.63, 3.8) is 0 Å². The summed E-state index contributed by atoms with van der Waals surface area (Å²) < 4.78 is 20.0. The highest BCUT2D eigenvalue weighted by molar-refractivity contribution is 6.78. The fraction of sp³-hybridized carbons (Fsp3) is 0.500. The van der Waals surface area contributed by atoms with E-state index < -0.39 is 8.32 Å². The maximum absolute atomic E-state index is 13.2. The van der Waals surface area contributed by atoms with Gasteiger partial charge in [-0.2, -0.15) is 0 Å². The van der Waals surface area contributed by atoms with Gasteiger partial charge in [0.2, 0.25) is 0 Å². The Kier molecular flexibility index (Phi) is 9.00. The van der Waals surface area contributed by atoms with Crippen LogP contribution in [0.1, 0.15) is 72.6 Å². The smallest absolute Gasteiger partial charge is 0.268 e. The molecule has 0 radical (unpaired) electrons. The minimum absolute atomic E-state index is 0.0901. The molecule has 2 aromatic carbocycles. The number of rotatable bonds is 11. The van der Waals surface area contributed by atoms with Crippen LogP contribution >= 0.6 is 0 Å². The summed E-state index contributed by atoms with van der Waals surface area (Å²) >= 11 is 0. The molecule has 3 aromatic rings. The van der Waals surface area contributed by atoms with E-state index >= 15 is 0 Å². The third kappa shape index (κ3) is 5.66. The number of aromatic nitrogens is 2. The Morgan fingerprint density at radius 1 is 0.811 bits per heavy atom. The van der Waals surface area contributed by atoms with Crippen molar-refractivity contribution < 1.29 is 13.9 Å². The van der Waals surface area contributed by atoms with Crippen molar-refractivity contribution in [2.24, 2.45) is 0 Å². The summed E-state index contributed by atoms with van der Waals surface area (Å²) in [5.41, 5.74) is 4.83. The molecule has 0 spiro atoms. The van der Waals surface area contributed by atoms with Crippen LogP contribution < -0.4 is 19.5 Å². The first-order valence-corrected chi connectivity index (χ1v) is 15.4. The van der Waals surface area contributed by atoms with Crippen molar-refractivity contribution in [1.29, 1.82) is 0 Å². The van der Waals surface area contributed by atoms with Crippen LogP contribution in [-0.4, -0.2) is 32.3 Å². The number of ether oxygens (including phenoxy) is 2. The Morgan fingerprint density at radius 3 is 1.86 bits per heavy atom. The Balaban J connectivity index is 2.05. The fourth-order valence-corrected chi connectivity index (χ4v) is 11.0. The van der Waals surface area contributed by atoms with Crippen molar-refractivity contribution in [3.05, 3.63) is 63.9 Å². The van der Waals surface area contributed by atoms with Crippen molar-refractivity contribution in [2.75, 3.05) is 14.2 Å². The molecule has 0 aliphatic heterocycles. The molecule has 37 heavy (non-hydrogen) atoms. The van der Waals surface area contributed by atoms with Crippen molar-refractivity contribution in [1.82, 2.24) is 9.78 Å². The molecule has 6 nitrogen and oxygen atoms in total. The SMILES string of the molecule is COc1ccc(-c2c(Cc3ccc(O[Si](C(C)C)(C(C)C)C(C)C)cc3OC)c(=O)[nH]n2C(C)C)cc1. The van der Waals surface area contributed by atoms with E-state index in [4.69, 9.17) is 13.9 Å². The van der Waals surface area contributed by atoms with Gasteiger partial charge in [-0.3, -0.25) is 14.6 Å². The van der Waals surface area contributed by atoms with Crippen LogP contribution in [0.15, 0.2) is 47.3 Å². The van der Waals surface area contributed by atoms with Gasteiger partial charge in [-0.1, -0.05) is 47.6 Å². The van der Waals surface area contributed by atoms with Crippen LogP contribution in [0.4, 0.5) is 0 Å². The van der Waals surface area contributed by atoms with Crippen LogP contribution in [0.5, 0.6) is 17.2 Å². The predicted molar refractivity (Wildman–Crippen MR) is 155 cm³/mol. The molecule has 1 N–H and O–H groups in total. The van der Waals surface area contributed by atoms with Crippen LogP contribution in [0.25, 0.3) is 11.3 Å². The molecule has 0 saturated heterocycles. The summed E-state index contributed by atoms with van der Waals surface area (Å²) in [6, 6.07) is 14.0. The summed E-state index contributed by atoms with van der Waals surface area (Å²) in [6.45, 7) is 17.8. The molecule has 3 rings (SSSR count). The molecule has 0 aliphatic carbocycles. The zero-order chi connectivity index (χ0) is 27.5. The van der Waals surface area contributed by atoms with E-state index in [-0.39, 0.29) is 11.6 Å². The van der Waals surface area contributed by atoms with Gasteiger partial charge in [0.25, 0.3) is 13.9 Å². The van der Waals surface area contributed by atoms with Crippen molar-refractivity contribution in [3.8, 4) is 28.5 Å². The molecule has 0 aliphatic rings. The first kappa shape index (κ1) is 28.6. The minimum atomic E-state index is -2.10. The van der Waals surface area contributed by atoms with E-state index in [9.17, 15) is 4.79 Å². The summed E-state index contributed by atoms with van der Waals surface area (Å²) in [7, 11) is 1.23. The molecule has 0 saturated carbocycles. The average molecular weight is 525 g/mol. The second kappa shape index (κ2) is 11.6. The lowest BCUT2D eigenvalue weighted by Crippen LogP contribution is -2.50. The molecule has 202 valence electrons. The third-order valence-corrected chi connectivity index (χ3v) is 13.5. The highest BCUT2D eigenvalue weighted by Crippen LogP contribution is 2.43. The molecular weight excluding hydrogens is 480 g/mol. The number of hydrogen-bond donors (Lipinski definition) is 1. The average Bonchev–Trinajstić information content (AvgIpc) is 3.18. The van der Waals surface area contributed by atoms with E-state index in [0.717, 1.165) is 34.1 Å². The highest BCUT2D eigenvalue weighted by atomic mass is 28.4. The Hall–Kier alpha value is -2.93. The van der Waals surface area contributed by atoms with Gasteiger partial charge < -0.3 is 13.9 Å². The molecular formula is C30H44N2O4Si. The summed E-state index contributed by atoms with van der Waals surface area (Å²) in [5, 5.41) is 3.05. The van der Waals surface area contributed by atoms with E-state index in [2.05, 4.69) is 60.5 Å². The Bertz CT molecular complexity index is 1220. The second-order valence-electron chi connectivity index (χ2n) is 11.0. The van der Waals surface area contributed by atoms with E-state index in [1.165, 1.54) is 0 Å². The predicted octanol–water partition coefficient (Wildman–Crippen LogP) is 7.59. The molecule has 0 unspecified atom stereocenters. The zero-order valence-corrected chi connectivity index (χ0v) is 25.1. The van der Waals surface area contributed by atoms with Crippen LogP contribution in [0, 0.1) is 0 Å². The minimum Gasteiger partial charge on any atom is -0.543 e. The van der Waals surface area contributed by atoms with Gasteiger partial charge in [0.15, 0.2) is 0 Å². The third-order valence-electron chi connectivity index (χ3n) is 7.53. The van der Waals surface area contributed by atoms with E-state index in [0.29, 0.717) is 28.6 Å². The maximum Gasteiger partial charge on any atom is 0.268 e. The molecule has 0 amide bonds. The molecule has 0 bridgehead atoms. The Labute approximate surface area is 223 Å². The standard InChI is InChI=1S/C30H44N2O4Si/c1-19(2)32-29(23-11-14-25(34-9)15-12-23)27(30(33)31-32)17-24-13-16-26(18-28(24)35-10)36-37(20(3)4,21(5)6)22(7)8/h11-16,18-22H,17H2,1-10H3,(H,31,33). The van der Waals surface area contributed by atoms with Crippen LogP contribution in [0.3, 0.4) is 0 Å². The number of nitrogens with zero attached hydrogens (tertiary/aromatic N) is 1. The van der Waals surface area contributed by atoms with E-state index in [1.807, 2.05) is 47.1 Å². The maximum atomic E-state index is 13.2. The number of methoxy groups -OCH3 is 2. The molecule has 0 atom stereocenters. The molecule has 7 heteroatoms. The number of H-pyrrole nitrogens is 1. The first-order valence-electron chi connectivity index (χ1n) is 13.3. The number of aromatic amines is 1.